The molecule has 0 saturated carbocycles. The van der Waals surface area contributed by atoms with E-state index in [2.05, 4.69) is 63.7 Å². The number of allylic oxidation sites excluding steroid dienone is 2. The van der Waals surface area contributed by atoms with Gasteiger partial charge in [-0.1, -0.05) is 168 Å². The highest BCUT2D eigenvalue weighted by Crippen LogP contribution is 2.24. The topological polar surface area (TPSA) is 6.48 Å². The van der Waals surface area contributed by atoms with E-state index in [0.717, 1.165) is 11.8 Å². The van der Waals surface area contributed by atoms with Gasteiger partial charge in [-0.2, -0.15) is 0 Å². The zero-order chi connectivity index (χ0) is 33.1. The summed E-state index contributed by atoms with van der Waals surface area (Å²) in [5, 5.41) is 0. The average molecular weight is 633 g/mol. The summed E-state index contributed by atoms with van der Waals surface area (Å²) < 4.78 is 0. The second-order valence-electron chi connectivity index (χ2n) is 15.2. The summed E-state index contributed by atoms with van der Waals surface area (Å²) in [5.74, 6) is 1.82. The summed E-state index contributed by atoms with van der Waals surface area (Å²) in [5.41, 5.74) is 0. The Labute approximate surface area is 287 Å². The molecule has 2 unspecified atom stereocenters. The van der Waals surface area contributed by atoms with Crippen LogP contribution in [0.2, 0.25) is 0 Å². The molecule has 0 amide bonds. The molecule has 0 aliphatic heterocycles. The maximum Gasteiger partial charge on any atom is 0.000977 e. The van der Waals surface area contributed by atoms with Crippen molar-refractivity contribution in [3.63, 3.8) is 0 Å². The zero-order valence-corrected chi connectivity index (χ0v) is 32.5. The van der Waals surface area contributed by atoms with E-state index in [0.29, 0.717) is 0 Å². The number of rotatable bonds is 37. The van der Waals surface area contributed by atoms with Gasteiger partial charge in [0.15, 0.2) is 0 Å². The van der Waals surface area contributed by atoms with Gasteiger partial charge < -0.3 is 9.80 Å². The van der Waals surface area contributed by atoms with Crippen LogP contribution in [-0.2, 0) is 0 Å². The van der Waals surface area contributed by atoms with Crippen molar-refractivity contribution in [2.45, 2.75) is 214 Å². The van der Waals surface area contributed by atoms with Crippen LogP contribution in [0.1, 0.15) is 214 Å². The van der Waals surface area contributed by atoms with Gasteiger partial charge in [-0.3, -0.25) is 0 Å². The highest BCUT2D eigenvalue weighted by atomic mass is 15.1. The smallest absolute Gasteiger partial charge is 0.000977 e. The molecule has 0 spiro atoms. The molecule has 0 bridgehead atoms. The van der Waals surface area contributed by atoms with Gasteiger partial charge in [0, 0.05) is 13.1 Å². The predicted molar refractivity (Wildman–Crippen MR) is 208 cm³/mol. The predicted octanol–water partition coefficient (Wildman–Crippen LogP) is 14.0. The molecule has 45 heavy (non-hydrogen) atoms. The minimum atomic E-state index is 0.896. The van der Waals surface area contributed by atoms with Crippen LogP contribution in [0.15, 0.2) is 12.2 Å². The standard InChI is InChI=1S/C43H88N2/c1-7-11-15-19-24-30-36-42(34-28-17-13-9-3)40-45(39-33-27-23-21-22-26-32-38-44(5)6)41-43(35-29-18-14-10-4)37-31-25-20-16-12-8-2/h15,19,42-43H,7-14,16-18,20-41H2,1-6H3/b19-15+. The monoisotopic (exact) mass is 633 g/mol. The molecular formula is C43H88N2. The van der Waals surface area contributed by atoms with Crippen LogP contribution in [0.5, 0.6) is 0 Å². The fourth-order valence-electron chi connectivity index (χ4n) is 7.15. The second kappa shape index (κ2) is 36.5. The first-order chi connectivity index (χ1) is 22.1. The van der Waals surface area contributed by atoms with Gasteiger partial charge in [-0.25, -0.2) is 0 Å². The third-order valence-electron chi connectivity index (χ3n) is 10.1. The summed E-state index contributed by atoms with van der Waals surface area (Å²) in [4.78, 5) is 5.34. The first-order valence-corrected chi connectivity index (χ1v) is 21.1. The van der Waals surface area contributed by atoms with E-state index in [-0.39, 0.29) is 0 Å². The van der Waals surface area contributed by atoms with E-state index in [1.54, 1.807) is 0 Å². The SMILES string of the molecule is CCC/C=C/CCCC(CCCCCC)CN(CCCCCCCCCN(C)C)CC(CCCCCC)CCCCCCCC. The molecule has 0 aromatic rings. The van der Waals surface area contributed by atoms with E-state index in [4.69, 9.17) is 0 Å². The lowest BCUT2D eigenvalue weighted by Crippen LogP contribution is -2.35. The lowest BCUT2D eigenvalue weighted by atomic mass is 9.91. The van der Waals surface area contributed by atoms with E-state index in [1.165, 1.54) is 212 Å². The Kier molecular flexibility index (Phi) is 36.2. The molecular weight excluding hydrogens is 544 g/mol. The molecule has 2 heteroatoms. The van der Waals surface area contributed by atoms with E-state index >= 15 is 0 Å². The number of hydrogen-bond acceptors (Lipinski definition) is 2. The number of nitrogens with zero attached hydrogens (tertiary/aromatic N) is 2. The molecule has 0 radical (unpaired) electrons. The lowest BCUT2D eigenvalue weighted by molar-refractivity contribution is 0.171. The first-order valence-electron chi connectivity index (χ1n) is 21.1. The molecule has 270 valence electrons. The minimum Gasteiger partial charge on any atom is -0.309 e. The fraction of sp³-hybridized carbons (Fsp3) is 0.953. The molecule has 0 rings (SSSR count). The van der Waals surface area contributed by atoms with E-state index < -0.39 is 0 Å². The Hall–Kier alpha value is -0.340. The molecule has 0 N–H and O–H groups in total. The molecule has 0 saturated heterocycles. The van der Waals surface area contributed by atoms with Crippen LogP contribution in [0.3, 0.4) is 0 Å². The van der Waals surface area contributed by atoms with Gasteiger partial charge in [-0.15, -0.1) is 0 Å². The molecule has 0 fully saturated rings. The third kappa shape index (κ3) is 33.4. The lowest BCUT2D eigenvalue weighted by Gasteiger charge is -2.31. The maximum atomic E-state index is 3.01. The van der Waals surface area contributed by atoms with Gasteiger partial charge in [0.1, 0.15) is 0 Å². The van der Waals surface area contributed by atoms with Gasteiger partial charge in [0.05, 0.1) is 0 Å². The van der Waals surface area contributed by atoms with Crippen LogP contribution < -0.4 is 0 Å². The average Bonchev–Trinajstić information content (AvgIpc) is 3.03. The van der Waals surface area contributed by atoms with Crippen molar-refractivity contribution in [2.75, 3.05) is 40.3 Å². The number of hydrogen-bond donors (Lipinski definition) is 0. The second-order valence-corrected chi connectivity index (χ2v) is 15.2. The Morgan fingerprint density at radius 3 is 1.22 bits per heavy atom. The Balaban J connectivity index is 5.22. The quantitative estimate of drug-likeness (QED) is 0.0496. The molecule has 2 atom stereocenters. The van der Waals surface area contributed by atoms with Crippen molar-refractivity contribution in [1.29, 1.82) is 0 Å². The van der Waals surface area contributed by atoms with Gasteiger partial charge in [-0.05, 0) is 96.8 Å². The van der Waals surface area contributed by atoms with Crippen LogP contribution >= 0.6 is 0 Å². The molecule has 0 heterocycles. The first kappa shape index (κ1) is 44.7. The largest absolute Gasteiger partial charge is 0.309 e. The summed E-state index contributed by atoms with van der Waals surface area (Å²) in [6.45, 7) is 14.7. The van der Waals surface area contributed by atoms with Gasteiger partial charge in [0.2, 0.25) is 0 Å². The molecule has 2 nitrogen and oxygen atoms in total. The minimum absolute atomic E-state index is 0.896. The summed E-state index contributed by atoms with van der Waals surface area (Å²) in [6, 6.07) is 0. The third-order valence-corrected chi connectivity index (χ3v) is 10.1. The van der Waals surface area contributed by atoms with Gasteiger partial charge >= 0.3 is 0 Å². The van der Waals surface area contributed by atoms with Crippen molar-refractivity contribution < 1.29 is 0 Å². The van der Waals surface area contributed by atoms with E-state index in [1.807, 2.05) is 0 Å². The van der Waals surface area contributed by atoms with Crippen molar-refractivity contribution in [3.05, 3.63) is 12.2 Å². The Bertz CT molecular complexity index is 570. The van der Waals surface area contributed by atoms with E-state index in [9.17, 15) is 0 Å². The Morgan fingerprint density at radius 1 is 0.378 bits per heavy atom. The summed E-state index contributed by atoms with van der Waals surface area (Å²) in [6.07, 6.45) is 45.9. The summed E-state index contributed by atoms with van der Waals surface area (Å²) in [7, 11) is 4.41. The van der Waals surface area contributed by atoms with Crippen LogP contribution in [0.4, 0.5) is 0 Å². The van der Waals surface area contributed by atoms with Crippen molar-refractivity contribution in [1.82, 2.24) is 9.80 Å². The van der Waals surface area contributed by atoms with Crippen molar-refractivity contribution in [3.8, 4) is 0 Å². The highest BCUT2D eigenvalue weighted by Gasteiger charge is 2.18. The maximum absolute atomic E-state index is 3.01. The Morgan fingerprint density at radius 2 is 0.756 bits per heavy atom. The van der Waals surface area contributed by atoms with Crippen LogP contribution in [0.25, 0.3) is 0 Å². The fourth-order valence-corrected chi connectivity index (χ4v) is 7.15. The van der Waals surface area contributed by atoms with Gasteiger partial charge in [0.25, 0.3) is 0 Å². The molecule has 0 aromatic carbocycles. The normalized spacial score (nSPS) is 13.5. The van der Waals surface area contributed by atoms with Crippen molar-refractivity contribution >= 4 is 0 Å². The molecule has 0 aliphatic carbocycles. The molecule has 0 aromatic heterocycles. The number of unbranched alkanes of at least 4 members (excludes halogenated alkanes) is 19. The van der Waals surface area contributed by atoms with Crippen LogP contribution in [0, 0.1) is 11.8 Å². The molecule has 0 aliphatic rings. The zero-order valence-electron chi connectivity index (χ0n) is 32.5. The van der Waals surface area contributed by atoms with Crippen LogP contribution in [-0.4, -0.2) is 50.1 Å². The van der Waals surface area contributed by atoms with Crippen molar-refractivity contribution in [2.24, 2.45) is 11.8 Å². The highest BCUT2D eigenvalue weighted by molar-refractivity contribution is 4.81. The summed E-state index contributed by atoms with van der Waals surface area (Å²) >= 11 is 0.